The van der Waals surface area contributed by atoms with Crippen molar-refractivity contribution in [3.8, 4) is 5.75 Å². The minimum Gasteiger partial charge on any atom is -0.427 e. The van der Waals surface area contributed by atoms with Gasteiger partial charge in [-0.15, -0.1) is 0 Å². The number of aryl methyl sites for hydroxylation is 1. The summed E-state index contributed by atoms with van der Waals surface area (Å²) < 4.78 is 5.18. The van der Waals surface area contributed by atoms with Crippen LogP contribution in [0.1, 0.15) is 35.7 Å². The molecule has 0 heterocycles. The van der Waals surface area contributed by atoms with Crippen molar-refractivity contribution in [3.05, 3.63) is 59.7 Å². The maximum atomic E-state index is 12.0. The first-order valence-corrected chi connectivity index (χ1v) is 7.62. The van der Waals surface area contributed by atoms with Crippen LogP contribution in [0.4, 0.5) is 5.69 Å². The molecular formula is C19H19NO4. The standard InChI is InChI=1S/C19H19NO4/c1-13-3-5-15(6-4-13)18(22)11-12-19(23)24-17-9-7-16(8-10-17)20-14(2)21/h3-10H,11-12H2,1-2H3,(H,20,21). The lowest BCUT2D eigenvalue weighted by Crippen LogP contribution is -2.11. The highest BCUT2D eigenvalue weighted by Gasteiger charge is 2.11. The van der Waals surface area contributed by atoms with Gasteiger partial charge in [-0.1, -0.05) is 29.8 Å². The van der Waals surface area contributed by atoms with Gasteiger partial charge in [0, 0.05) is 24.6 Å². The van der Waals surface area contributed by atoms with E-state index in [1.807, 2.05) is 19.1 Å². The first-order chi connectivity index (χ1) is 11.4. The van der Waals surface area contributed by atoms with Crippen molar-refractivity contribution in [1.82, 2.24) is 0 Å². The summed E-state index contributed by atoms with van der Waals surface area (Å²) >= 11 is 0. The fourth-order valence-corrected chi connectivity index (χ4v) is 2.09. The number of benzene rings is 2. The van der Waals surface area contributed by atoms with Gasteiger partial charge in [0.05, 0.1) is 6.42 Å². The van der Waals surface area contributed by atoms with Gasteiger partial charge in [0.2, 0.25) is 5.91 Å². The van der Waals surface area contributed by atoms with Gasteiger partial charge in [0.1, 0.15) is 5.75 Å². The second-order valence-corrected chi connectivity index (χ2v) is 5.47. The molecule has 0 saturated heterocycles. The molecule has 5 nitrogen and oxygen atoms in total. The summed E-state index contributed by atoms with van der Waals surface area (Å²) in [5.41, 5.74) is 2.29. The molecule has 0 aliphatic carbocycles. The SMILES string of the molecule is CC(=O)Nc1ccc(OC(=O)CCC(=O)c2ccc(C)cc2)cc1. The Morgan fingerprint density at radius 1 is 0.917 bits per heavy atom. The van der Waals surface area contributed by atoms with Crippen molar-refractivity contribution >= 4 is 23.3 Å². The van der Waals surface area contributed by atoms with Crippen LogP contribution < -0.4 is 10.1 Å². The predicted molar refractivity (Wildman–Crippen MR) is 91.1 cm³/mol. The molecule has 1 amide bonds. The molecule has 2 aromatic rings. The van der Waals surface area contributed by atoms with E-state index in [1.54, 1.807) is 36.4 Å². The Hall–Kier alpha value is -2.95. The molecule has 2 rings (SSSR count). The van der Waals surface area contributed by atoms with Crippen molar-refractivity contribution in [2.45, 2.75) is 26.7 Å². The van der Waals surface area contributed by atoms with Gasteiger partial charge in [-0.25, -0.2) is 0 Å². The van der Waals surface area contributed by atoms with Gasteiger partial charge in [0.25, 0.3) is 0 Å². The first kappa shape index (κ1) is 17.4. The number of ether oxygens (including phenoxy) is 1. The van der Waals surface area contributed by atoms with Crippen LogP contribution >= 0.6 is 0 Å². The van der Waals surface area contributed by atoms with E-state index in [2.05, 4.69) is 5.32 Å². The third-order valence-electron chi connectivity index (χ3n) is 3.34. The van der Waals surface area contributed by atoms with E-state index >= 15 is 0 Å². The first-order valence-electron chi connectivity index (χ1n) is 7.62. The fraction of sp³-hybridized carbons (Fsp3) is 0.211. The molecule has 2 aromatic carbocycles. The minimum atomic E-state index is -0.470. The van der Waals surface area contributed by atoms with Gasteiger partial charge < -0.3 is 10.1 Å². The number of ketones is 1. The average Bonchev–Trinajstić information content (AvgIpc) is 2.54. The van der Waals surface area contributed by atoms with E-state index in [0.29, 0.717) is 17.0 Å². The van der Waals surface area contributed by atoms with Crippen LogP contribution in [0.3, 0.4) is 0 Å². The summed E-state index contributed by atoms with van der Waals surface area (Å²) in [7, 11) is 0. The lowest BCUT2D eigenvalue weighted by Gasteiger charge is -2.06. The van der Waals surface area contributed by atoms with Crippen LogP contribution in [0.2, 0.25) is 0 Å². The number of Topliss-reactive ketones (excluding diaryl/α,β-unsaturated/α-hetero) is 1. The lowest BCUT2D eigenvalue weighted by atomic mass is 10.1. The van der Waals surface area contributed by atoms with Crippen LogP contribution in [0.15, 0.2) is 48.5 Å². The van der Waals surface area contributed by atoms with Gasteiger partial charge in [0.15, 0.2) is 5.78 Å². The normalized spacial score (nSPS) is 10.1. The monoisotopic (exact) mass is 325 g/mol. The highest BCUT2D eigenvalue weighted by atomic mass is 16.5. The van der Waals surface area contributed by atoms with Crippen LogP contribution in [0.5, 0.6) is 5.75 Å². The Kier molecular flexibility index (Phi) is 5.84. The zero-order valence-electron chi connectivity index (χ0n) is 13.7. The van der Waals surface area contributed by atoms with Crippen molar-refractivity contribution in [1.29, 1.82) is 0 Å². The average molecular weight is 325 g/mol. The third kappa shape index (κ3) is 5.35. The van der Waals surface area contributed by atoms with Crippen molar-refractivity contribution in [2.75, 3.05) is 5.32 Å². The molecule has 0 atom stereocenters. The summed E-state index contributed by atoms with van der Waals surface area (Å²) in [6.07, 6.45) is 0.117. The quantitative estimate of drug-likeness (QED) is 0.501. The van der Waals surface area contributed by atoms with Crippen molar-refractivity contribution < 1.29 is 19.1 Å². The van der Waals surface area contributed by atoms with Gasteiger partial charge in [-0.3, -0.25) is 14.4 Å². The topological polar surface area (TPSA) is 72.5 Å². The smallest absolute Gasteiger partial charge is 0.311 e. The molecule has 0 fully saturated rings. The second kappa shape index (κ2) is 8.06. The maximum absolute atomic E-state index is 12.0. The molecule has 0 aliphatic heterocycles. The van der Waals surface area contributed by atoms with Crippen LogP contribution in [0.25, 0.3) is 0 Å². The zero-order chi connectivity index (χ0) is 17.5. The summed E-state index contributed by atoms with van der Waals surface area (Å²) in [4.78, 5) is 34.8. The zero-order valence-corrected chi connectivity index (χ0v) is 13.7. The van der Waals surface area contributed by atoms with E-state index < -0.39 is 5.97 Å². The summed E-state index contributed by atoms with van der Waals surface area (Å²) in [6, 6.07) is 13.7. The highest BCUT2D eigenvalue weighted by molar-refractivity contribution is 5.97. The van der Waals surface area contributed by atoms with Gasteiger partial charge >= 0.3 is 5.97 Å². The molecular weight excluding hydrogens is 306 g/mol. The van der Waals surface area contributed by atoms with Crippen molar-refractivity contribution in [2.24, 2.45) is 0 Å². The number of rotatable bonds is 6. The van der Waals surface area contributed by atoms with E-state index in [4.69, 9.17) is 4.74 Å². The molecule has 1 N–H and O–H groups in total. The molecule has 0 aliphatic rings. The van der Waals surface area contributed by atoms with Gasteiger partial charge in [-0.2, -0.15) is 0 Å². The van der Waals surface area contributed by atoms with E-state index in [0.717, 1.165) is 5.56 Å². The summed E-state index contributed by atoms with van der Waals surface area (Å²) in [5.74, 6) is -0.359. The van der Waals surface area contributed by atoms with Gasteiger partial charge in [-0.05, 0) is 31.2 Å². The Morgan fingerprint density at radius 3 is 2.12 bits per heavy atom. The van der Waals surface area contributed by atoms with Crippen LogP contribution in [-0.2, 0) is 9.59 Å². The number of hydrogen-bond acceptors (Lipinski definition) is 4. The van der Waals surface area contributed by atoms with Crippen LogP contribution in [0, 0.1) is 6.92 Å². The molecule has 0 unspecified atom stereocenters. The molecule has 24 heavy (non-hydrogen) atoms. The number of nitrogens with one attached hydrogen (secondary N) is 1. The summed E-state index contributed by atoms with van der Waals surface area (Å²) in [6.45, 7) is 3.36. The van der Waals surface area contributed by atoms with E-state index in [-0.39, 0.29) is 24.5 Å². The molecule has 0 spiro atoms. The molecule has 0 radical (unpaired) electrons. The fourth-order valence-electron chi connectivity index (χ4n) is 2.09. The molecule has 0 aromatic heterocycles. The largest absolute Gasteiger partial charge is 0.427 e. The number of amides is 1. The Labute approximate surface area is 140 Å². The van der Waals surface area contributed by atoms with Crippen molar-refractivity contribution in [3.63, 3.8) is 0 Å². The number of carbonyl (C=O) groups excluding carboxylic acids is 3. The lowest BCUT2D eigenvalue weighted by molar-refractivity contribution is -0.134. The number of anilines is 1. The molecule has 0 saturated carbocycles. The highest BCUT2D eigenvalue weighted by Crippen LogP contribution is 2.17. The molecule has 0 bridgehead atoms. The number of hydrogen-bond donors (Lipinski definition) is 1. The number of esters is 1. The summed E-state index contributed by atoms with van der Waals surface area (Å²) in [5, 5.41) is 2.62. The maximum Gasteiger partial charge on any atom is 0.311 e. The Balaban J connectivity index is 1.83. The third-order valence-corrected chi connectivity index (χ3v) is 3.34. The number of carbonyl (C=O) groups is 3. The Morgan fingerprint density at radius 2 is 1.54 bits per heavy atom. The Bertz CT molecular complexity index is 733. The molecule has 5 heteroatoms. The minimum absolute atomic E-state index is 0.0140. The van der Waals surface area contributed by atoms with E-state index in [1.165, 1.54) is 6.92 Å². The molecule has 124 valence electrons. The van der Waals surface area contributed by atoms with E-state index in [9.17, 15) is 14.4 Å². The predicted octanol–water partition coefficient (Wildman–Crippen LogP) is 3.52. The van der Waals surface area contributed by atoms with Crippen LogP contribution in [-0.4, -0.2) is 17.7 Å². The second-order valence-electron chi connectivity index (χ2n) is 5.47.